The number of hydrogen-bond donors (Lipinski definition) is 3. The monoisotopic (exact) mass is 267 g/mol. The third kappa shape index (κ3) is 7.03. The van der Waals surface area contributed by atoms with Gasteiger partial charge in [0.05, 0.1) is 0 Å². The molecule has 5 heteroatoms. The van der Waals surface area contributed by atoms with Crippen molar-refractivity contribution in [3.8, 4) is 0 Å². The highest BCUT2D eigenvalue weighted by Crippen LogP contribution is 2.10. The Bertz CT molecular complexity index is 280. The van der Waals surface area contributed by atoms with E-state index in [1.54, 1.807) is 0 Å². The minimum absolute atomic E-state index is 0.0171. The molecule has 1 aliphatic heterocycles. The Morgan fingerprint density at radius 3 is 2.42 bits per heavy atom. The molecule has 1 saturated heterocycles. The Kier molecular flexibility index (Phi) is 8.02. The summed E-state index contributed by atoms with van der Waals surface area (Å²) in [5, 5.41) is 10.3. The second-order valence-electron chi connectivity index (χ2n) is 5.21. The van der Waals surface area contributed by atoms with Crippen molar-refractivity contribution >= 4 is 11.9 Å². The zero-order valence-corrected chi connectivity index (χ0v) is 12.2. The number of guanidine groups is 2. The lowest BCUT2D eigenvalue weighted by Crippen LogP contribution is -2.47. The largest absolute Gasteiger partial charge is 0.370 e. The number of hydrogen-bond acceptors (Lipinski definition) is 2. The van der Waals surface area contributed by atoms with Crippen LogP contribution < -0.4 is 11.1 Å². The maximum Gasteiger partial charge on any atom is 0.200 e. The van der Waals surface area contributed by atoms with E-state index in [1.807, 2.05) is 0 Å². The summed E-state index contributed by atoms with van der Waals surface area (Å²) in [7, 11) is 0. The molecule has 1 rings (SSSR count). The van der Waals surface area contributed by atoms with Gasteiger partial charge in [0, 0.05) is 19.6 Å². The summed E-state index contributed by atoms with van der Waals surface area (Å²) < 4.78 is 0. The van der Waals surface area contributed by atoms with Crippen molar-refractivity contribution in [2.75, 3.05) is 19.6 Å². The summed E-state index contributed by atoms with van der Waals surface area (Å²) in [6.07, 6.45) is 9.85. The van der Waals surface area contributed by atoms with E-state index < -0.39 is 0 Å². The van der Waals surface area contributed by atoms with Crippen molar-refractivity contribution in [3.05, 3.63) is 0 Å². The predicted molar refractivity (Wildman–Crippen MR) is 81.5 cm³/mol. The number of nitrogens with two attached hydrogens (primary N) is 1. The van der Waals surface area contributed by atoms with Gasteiger partial charge in [-0.15, -0.1) is 0 Å². The fourth-order valence-electron chi connectivity index (χ4n) is 2.35. The molecule has 1 heterocycles. The summed E-state index contributed by atoms with van der Waals surface area (Å²) in [4.78, 5) is 6.86. The van der Waals surface area contributed by atoms with E-state index in [9.17, 15) is 0 Å². The summed E-state index contributed by atoms with van der Waals surface area (Å²) in [5.74, 6) is 0.780. The molecule has 0 spiro atoms. The Labute approximate surface area is 117 Å². The molecule has 0 atom stereocenters. The fourth-order valence-corrected chi connectivity index (χ4v) is 2.35. The van der Waals surface area contributed by atoms with Gasteiger partial charge in [-0.2, -0.15) is 0 Å². The lowest BCUT2D eigenvalue weighted by atomic mass is 10.2. The smallest absolute Gasteiger partial charge is 0.200 e. The highest BCUT2D eigenvalue weighted by molar-refractivity contribution is 5.96. The maximum atomic E-state index is 7.40. The van der Waals surface area contributed by atoms with E-state index in [1.165, 1.54) is 44.9 Å². The van der Waals surface area contributed by atoms with Crippen LogP contribution in [0.5, 0.6) is 0 Å². The van der Waals surface area contributed by atoms with Gasteiger partial charge in [-0.3, -0.25) is 15.7 Å². The molecule has 0 aliphatic carbocycles. The number of nitrogens with zero attached hydrogens (tertiary/aromatic N) is 2. The molecule has 0 bridgehead atoms. The standard InChI is InChI=1S/C14H29N5/c1-2-3-4-7-10-17-14(18-13(15)16)19-11-8-5-6-9-12-19/h2-12H2,1H3,(H4,15,16,17,18). The molecule has 19 heavy (non-hydrogen) atoms. The molecule has 1 fully saturated rings. The molecule has 0 saturated carbocycles. The summed E-state index contributed by atoms with van der Waals surface area (Å²) in [6.45, 7) is 5.08. The van der Waals surface area contributed by atoms with Crippen molar-refractivity contribution in [1.82, 2.24) is 10.2 Å². The highest BCUT2D eigenvalue weighted by atomic mass is 15.3. The Hall–Kier alpha value is -1.26. The average molecular weight is 267 g/mol. The molecule has 0 aromatic rings. The molecule has 0 aromatic heterocycles. The van der Waals surface area contributed by atoms with Gasteiger partial charge in [0.15, 0.2) is 5.96 Å². The molecule has 0 aromatic carbocycles. The topological polar surface area (TPSA) is 77.5 Å². The first kappa shape index (κ1) is 15.8. The Balaban J connectivity index is 2.48. The Morgan fingerprint density at radius 2 is 1.84 bits per heavy atom. The fraction of sp³-hybridized carbons (Fsp3) is 0.857. The average Bonchev–Trinajstić information content (AvgIpc) is 2.65. The van der Waals surface area contributed by atoms with E-state index in [0.717, 1.165) is 32.0 Å². The van der Waals surface area contributed by atoms with Gasteiger partial charge in [0.25, 0.3) is 0 Å². The highest BCUT2D eigenvalue weighted by Gasteiger charge is 2.13. The van der Waals surface area contributed by atoms with Gasteiger partial charge in [-0.1, -0.05) is 39.0 Å². The van der Waals surface area contributed by atoms with E-state index in [0.29, 0.717) is 0 Å². The van der Waals surface area contributed by atoms with Crippen LogP contribution in [0.2, 0.25) is 0 Å². The quantitative estimate of drug-likeness (QED) is 0.406. The van der Waals surface area contributed by atoms with Gasteiger partial charge >= 0.3 is 0 Å². The van der Waals surface area contributed by atoms with E-state index in [4.69, 9.17) is 11.1 Å². The molecular weight excluding hydrogens is 238 g/mol. The van der Waals surface area contributed by atoms with E-state index >= 15 is 0 Å². The minimum Gasteiger partial charge on any atom is -0.370 e. The molecule has 5 nitrogen and oxygen atoms in total. The second-order valence-corrected chi connectivity index (χ2v) is 5.21. The molecule has 1 aliphatic rings. The lowest BCUT2D eigenvalue weighted by Gasteiger charge is -2.24. The normalized spacial score (nSPS) is 17.1. The SMILES string of the molecule is CCCCCCN=C(NC(=N)N)N1CCCCCC1. The van der Waals surface area contributed by atoms with Crippen LogP contribution in [0.1, 0.15) is 58.3 Å². The summed E-state index contributed by atoms with van der Waals surface area (Å²) in [5.41, 5.74) is 5.46. The van der Waals surface area contributed by atoms with E-state index in [-0.39, 0.29) is 5.96 Å². The van der Waals surface area contributed by atoms with Crippen LogP contribution in [-0.2, 0) is 0 Å². The van der Waals surface area contributed by atoms with Gasteiger partial charge < -0.3 is 10.6 Å². The number of likely N-dealkylation sites (tertiary alicyclic amines) is 1. The minimum atomic E-state index is -0.0171. The van der Waals surface area contributed by atoms with Crippen LogP contribution in [0.3, 0.4) is 0 Å². The van der Waals surface area contributed by atoms with Crippen molar-refractivity contribution < 1.29 is 0 Å². The molecule has 4 N–H and O–H groups in total. The van der Waals surface area contributed by atoms with Crippen LogP contribution in [0.25, 0.3) is 0 Å². The van der Waals surface area contributed by atoms with Gasteiger partial charge in [0.1, 0.15) is 0 Å². The third-order valence-corrected chi connectivity index (χ3v) is 3.43. The van der Waals surface area contributed by atoms with Gasteiger partial charge in [-0.25, -0.2) is 0 Å². The number of rotatable bonds is 5. The predicted octanol–water partition coefficient (Wildman–Crippen LogP) is 2.28. The first-order valence-electron chi connectivity index (χ1n) is 7.64. The first-order valence-corrected chi connectivity index (χ1v) is 7.64. The van der Waals surface area contributed by atoms with Crippen molar-refractivity contribution in [2.45, 2.75) is 58.3 Å². The molecular formula is C14H29N5. The first-order chi connectivity index (χ1) is 9.24. The number of aliphatic imine (C=N–C) groups is 1. The van der Waals surface area contributed by atoms with Crippen LogP contribution in [0.15, 0.2) is 4.99 Å². The lowest BCUT2D eigenvalue weighted by molar-refractivity contribution is 0.423. The van der Waals surface area contributed by atoms with Crippen LogP contribution in [0.4, 0.5) is 0 Å². The Morgan fingerprint density at radius 1 is 1.16 bits per heavy atom. The molecule has 110 valence electrons. The second kappa shape index (κ2) is 9.64. The molecule has 0 unspecified atom stereocenters. The van der Waals surface area contributed by atoms with Crippen LogP contribution in [-0.4, -0.2) is 36.5 Å². The van der Waals surface area contributed by atoms with Gasteiger partial charge in [0.2, 0.25) is 5.96 Å². The van der Waals surface area contributed by atoms with Crippen molar-refractivity contribution in [3.63, 3.8) is 0 Å². The van der Waals surface area contributed by atoms with Crippen LogP contribution >= 0.6 is 0 Å². The number of nitrogens with one attached hydrogen (secondary N) is 2. The van der Waals surface area contributed by atoms with Crippen LogP contribution in [0, 0.1) is 5.41 Å². The zero-order chi connectivity index (χ0) is 13.9. The summed E-state index contributed by atoms with van der Waals surface area (Å²) in [6, 6.07) is 0. The van der Waals surface area contributed by atoms with Crippen molar-refractivity contribution in [1.29, 1.82) is 5.41 Å². The maximum absolute atomic E-state index is 7.40. The summed E-state index contributed by atoms with van der Waals surface area (Å²) >= 11 is 0. The van der Waals surface area contributed by atoms with E-state index in [2.05, 4.69) is 22.1 Å². The number of unbranched alkanes of at least 4 members (excludes halogenated alkanes) is 3. The zero-order valence-electron chi connectivity index (χ0n) is 12.2. The molecule has 0 amide bonds. The van der Waals surface area contributed by atoms with Crippen molar-refractivity contribution in [2.24, 2.45) is 10.7 Å². The third-order valence-electron chi connectivity index (χ3n) is 3.43. The molecule has 0 radical (unpaired) electrons. The van der Waals surface area contributed by atoms with Gasteiger partial charge in [-0.05, 0) is 19.3 Å².